The highest BCUT2D eigenvalue weighted by Gasteiger charge is 2.44. The molecule has 0 spiro atoms. The van der Waals surface area contributed by atoms with Crippen LogP contribution in [0.5, 0.6) is 11.6 Å². The molecule has 2 aliphatic carbocycles. The highest BCUT2D eigenvalue weighted by Crippen LogP contribution is 2.45. The lowest BCUT2D eigenvalue weighted by Gasteiger charge is -2.37. The molecule has 0 radical (unpaired) electrons. The van der Waals surface area contributed by atoms with Crippen molar-refractivity contribution in [2.24, 2.45) is 11.8 Å². The number of aromatic nitrogens is 5. The highest BCUT2D eigenvalue weighted by molar-refractivity contribution is 5.72. The fourth-order valence-corrected chi connectivity index (χ4v) is 5.00. The van der Waals surface area contributed by atoms with Gasteiger partial charge in [0.2, 0.25) is 5.88 Å². The Morgan fingerprint density at radius 3 is 2.69 bits per heavy atom. The number of nitrogens with zero attached hydrogens (tertiary/aromatic N) is 6. The van der Waals surface area contributed by atoms with Crippen molar-refractivity contribution in [2.75, 3.05) is 19.1 Å². The van der Waals surface area contributed by atoms with E-state index in [1.807, 2.05) is 18.0 Å². The van der Waals surface area contributed by atoms with Gasteiger partial charge in [0.05, 0.1) is 31.1 Å². The van der Waals surface area contributed by atoms with E-state index < -0.39 is 6.17 Å². The predicted octanol–water partition coefficient (Wildman–Crippen LogP) is 3.67. The standard InChI is InChI=1S/C23H25FN6O2/c1-30(18-8-13-3-4-15(7-13)22(18)24)20-12-25-23(29-27-20)17-6-5-14(9-19(17)31)16-10-21(32-2)28-26-11-16/h5-6,9-13,15,18,22,31H,3-4,7-8H2,1-2H3/t13-,15+,18+,22-/m1/s1. The van der Waals surface area contributed by atoms with Crippen LogP contribution in [0.1, 0.15) is 25.7 Å². The molecule has 32 heavy (non-hydrogen) atoms. The Morgan fingerprint density at radius 1 is 1.06 bits per heavy atom. The van der Waals surface area contributed by atoms with Crippen LogP contribution in [0, 0.1) is 11.8 Å². The fourth-order valence-electron chi connectivity index (χ4n) is 5.00. The van der Waals surface area contributed by atoms with Crippen molar-refractivity contribution in [2.45, 2.75) is 37.9 Å². The number of halogens is 1. The molecule has 0 amide bonds. The van der Waals surface area contributed by atoms with E-state index in [1.54, 1.807) is 30.6 Å². The molecule has 2 bridgehead atoms. The molecule has 8 nitrogen and oxygen atoms in total. The summed E-state index contributed by atoms with van der Waals surface area (Å²) in [7, 11) is 3.38. The van der Waals surface area contributed by atoms with Gasteiger partial charge in [-0.2, -0.15) is 5.10 Å². The maximum atomic E-state index is 14.9. The zero-order valence-electron chi connectivity index (χ0n) is 18.0. The smallest absolute Gasteiger partial charge is 0.233 e. The number of aromatic hydroxyl groups is 1. The van der Waals surface area contributed by atoms with E-state index in [1.165, 1.54) is 7.11 Å². The van der Waals surface area contributed by atoms with Crippen molar-refractivity contribution >= 4 is 5.82 Å². The number of phenolic OH excluding ortho intramolecular Hbond substituents is 1. The quantitative estimate of drug-likeness (QED) is 0.647. The molecule has 0 saturated heterocycles. The predicted molar refractivity (Wildman–Crippen MR) is 117 cm³/mol. The second-order valence-electron chi connectivity index (χ2n) is 8.66. The minimum atomic E-state index is -0.849. The third-order valence-corrected chi connectivity index (χ3v) is 6.80. The molecule has 2 fully saturated rings. The highest BCUT2D eigenvalue weighted by atomic mass is 19.1. The first-order valence-corrected chi connectivity index (χ1v) is 10.8. The number of hydrogen-bond acceptors (Lipinski definition) is 8. The third-order valence-electron chi connectivity index (χ3n) is 6.80. The van der Waals surface area contributed by atoms with Crippen molar-refractivity contribution < 1.29 is 14.2 Å². The molecular weight excluding hydrogens is 411 g/mol. The Balaban J connectivity index is 1.35. The molecule has 5 rings (SSSR count). The molecule has 2 saturated carbocycles. The second kappa shape index (κ2) is 8.29. The largest absolute Gasteiger partial charge is 0.507 e. The second-order valence-corrected chi connectivity index (χ2v) is 8.66. The molecule has 2 aliphatic rings. The molecule has 4 atom stereocenters. The number of alkyl halides is 1. The van der Waals surface area contributed by atoms with E-state index in [0.29, 0.717) is 29.0 Å². The van der Waals surface area contributed by atoms with E-state index in [-0.39, 0.29) is 17.7 Å². The Morgan fingerprint density at radius 2 is 1.94 bits per heavy atom. The Hall–Kier alpha value is -3.36. The van der Waals surface area contributed by atoms with Crippen LogP contribution >= 0.6 is 0 Å². The average molecular weight is 436 g/mol. The number of phenols is 1. The van der Waals surface area contributed by atoms with Crippen molar-refractivity contribution in [1.82, 2.24) is 25.4 Å². The van der Waals surface area contributed by atoms with Gasteiger partial charge in [0.15, 0.2) is 11.6 Å². The van der Waals surface area contributed by atoms with Crippen molar-refractivity contribution in [1.29, 1.82) is 0 Å². The SMILES string of the molecule is COc1cc(-c2ccc(-c3ncc(N(C)[C@H]4C[C@@H]5CC[C@@H](C5)[C@H]4F)nn3)c(O)c2)cnn1. The van der Waals surface area contributed by atoms with Crippen molar-refractivity contribution in [3.05, 3.63) is 36.7 Å². The average Bonchev–Trinajstić information content (AvgIpc) is 3.24. The molecule has 0 aliphatic heterocycles. The number of anilines is 1. The summed E-state index contributed by atoms with van der Waals surface area (Å²) in [5, 5.41) is 26.8. The maximum absolute atomic E-state index is 14.9. The van der Waals surface area contributed by atoms with E-state index in [9.17, 15) is 9.50 Å². The van der Waals surface area contributed by atoms with Gasteiger partial charge in [-0.05, 0) is 55.2 Å². The van der Waals surface area contributed by atoms with Gasteiger partial charge in [0.1, 0.15) is 11.9 Å². The van der Waals surface area contributed by atoms with Crippen LogP contribution in [0.2, 0.25) is 0 Å². The summed E-state index contributed by atoms with van der Waals surface area (Å²) in [6, 6.07) is 6.72. The van der Waals surface area contributed by atoms with Crippen molar-refractivity contribution in [3.63, 3.8) is 0 Å². The summed E-state index contributed by atoms with van der Waals surface area (Å²) >= 11 is 0. The van der Waals surface area contributed by atoms with Crippen molar-refractivity contribution in [3.8, 4) is 34.1 Å². The third kappa shape index (κ3) is 3.72. The summed E-state index contributed by atoms with van der Waals surface area (Å²) in [5.41, 5.74) is 1.98. The number of rotatable bonds is 5. The summed E-state index contributed by atoms with van der Waals surface area (Å²) in [5.74, 6) is 2.01. The van der Waals surface area contributed by atoms with Crippen LogP contribution in [-0.4, -0.2) is 56.9 Å². The lowest BCUT2D eigenvalue weighted by atomic mass is 9.83. The number of fused-ring (bicyclic) bond motifs is 2. The summed E-state index contributed by atoms with van der Waals surface area (Å²) in [6.07, 6.45) is 6.29. The van der Waals surface area contributed by atoms with Crippen LogP contribution in [-0.2, 0) is 0 Å². The number of ether oxygens (including phenoxy) is 1. The van der Waals surface area contributed by atoms with Crippen LogP contribution in [0.4, 0.5) is 10.2 Å². The van der Waals surface area contributed by atoms with Crippen LogP contribution in [0.25, 0.3) is 22.5 Å². The first-order valence-electron chi connectivity index (χ1n) is 10.8. The summed E-state index contributed by atoms with van der Waals surface area (Å²) in [6.45, 7) is 0. The molecule has 1 aromatic carbocycles. The zero-order valence-corrected chi connectivity index (χ0v) is 18.0. The van der Waals surface area contributed by atoms with E-state index in [4.69, 9.17) is 4.74 Å². The molecule has 2 heterocycles. The lowest BCUT2D eigenvalue weighted by Crippen LogP contribution is -2.46. The minimum Gasteiger partial charge on any atom is -0.507 e. The number of benzene rings is 1. The molecule has 2 aromatic heterocycles. The van der Waals surface area contributed by atoms with Gasteiger partial charge in [-0.1, -0.05) is 6.07 Å². The molecular formula is C23H25FN6O2. The molecule has 166 valence electrons. The Labute approximate surface area is 185 Å². The Bertz CT molecular complexity index is 1110. The summed E-state index contributed by atoms with van der Waals surface area (Å²) < 4.78 is 20.0. The molecule has 0 unspecified atom stereocenters. The maximum Gasteiger partial charge on any atom is 0.233 e. The topological polar surface area (TPSA) is 97.2 Å². The van der Waals surface area contributed by atoms with Gasteiger partial charge >= 0.3 is 0 Å². The van der Waals surface area contributed by atoms with Gasteiger partial charge < -0.3 is 14.7 Å². The van der Waals surface area contributed by atoms with Gasteiger partial charge in [-0.3, -0.25) is 0 Å². The first kappa shape index (κ1) is 20.5. The molecule has 9 heteroatoms. The number of hydrogen-bond donors (Lipinski definition) is 1. The fraction of sp³-hybridized carbons (Fsp3) is 0.435. The van der Waals surface area contributed by atoms with Gasteiger partial charge in [0, 0.05) is 18.7 Å². The minimum absolute atomic E-state index is 0.0221. The van der Waals surface area contributed by atoms with Crippen LogP contribution in [0.3, 0.4) is 0 Å². The Kier molecular flexibility index (Phi) is 5.32. The van der Waals surface area contributed by atoms with Crippen LogP contribution < -0.4 is 9.64 Å². The number of methoxy groups -OCH3 is 1. The monoisotopic (exact) mass is 436 g/mol. The molecule has 3 aromatic rings. The molecule has 1 N–H and O–H groups in total. The van der Waals surface area contributed by atoms with Gasteiger partial charge in [-0.15, -0.1) is 15.3 Å². The van der Waals surface area contributed by atoms with E-state index in [0.717, 1.165) is 36.8 Å². The van der Waals surface area contributed by atoms with Gasteiger partial charge in [-0.25, -0.2) is 9.37 Å². The van der Waals surface area contributed by atoms with E-state index in [2.05, 4.69) is 25.4 Å². The first-order chi connectivity index (χ1) is 15.5. The van der Waals surface area contributed by atoms with Crippen LogP contribution in [0.15, 0.2) is 36.7 Å². The normalized spacial score (nSPS) is 24.3. The van der Waals surface area contributed by atoms with Gasteiger partial charge in [0.25, 0.3) is 0 Å². The van der Waals surface area contributed by atoms with E-state index >= 15 is 0 Å². The summed E-state index contributed by atoms with van der Waals surface area (Å²) in [4.78, 5) is 6.26. The zero-order chi connectivity index (χ0) is 22.2. The lowest BCUT2D eigenvalue weighted by molar-refractivity contribution is 0.144.